The first-order valence-electron chi connectivity index (χ1n) is 5.02. The summed E-state index contributed by atoms with van der Waals surface area (Å²) in [5.74, 6) is 0. The highest BCUT2D eigenvalue weighted by Crippen LogP contribution is 2.21. The predicted octanol–water partition coefficient (Wildman–Crippen LogP) is 0.458. The normalized spacial score (nSPS) is 11.8. The van der Waals surface area contributed by atoms with Crippen LogP contribution in [0.2, 0.25) is 0 Å². The molecule has 0 aliphatic rings. The number of tetrazole rings is 1. The maximum absolute atomic E-state index is 12.3. The summed E-state index contributed by atoms with van der Waals surface area (Å²) in [5, 5.41) is 10.8. The predicted molar refractivity (Wildman–Crippen MR) is 62.1 cm³/mol. The Bertz CT molecular complexity index is 793. The zero-order chi connectivity index (χ0) is 12.6. The fourth-order valence-corrected chi connectivity index (χ4v) is 2.81. The van der Waals surface area contributed by atoms with Crippen LogP contribution in [0.5, 0.6) is 0 Å². The maximum Gasteiger partial charge on any atom is 0.287 e. The van der Waals surface area contributed by atoms with E-state index >= 15 is 0 Å². The second-order valence-electron chi connectivity index (χ2n) is 3.52. The van der Waals surface area contributed by atoms with E-state index in [9.17, 15) is 8.42 Å². The van der Waals surface area contributed by atoms with Gasteiger partial charge in [0.25, 0.3) is 10.0 Å². The van der Waals surface area contributed by atoms with Gasteiger partial charge < -0.3 is 0 Å². The Balaban J connectivity index is 2.34. The van der Waals surface area contributed by atoms with E-state index in [2.05, 4.69) is 20.5 Å². The first-order chi connectivity index (χ1) is 8.69. The molecule has 2 aromatic heterocycles. The first kappa shape index (κ1) is 10.8. The minimum atomic E-state index is -3.80. The van der Waals surface area contributed by atoms with Gasteiger partial charge in [-0.05, 0) is 22.6 Å². The van der Waals surface area contributed by atoms with Gasteiger partial charge in [0, 0.05) is 11.6 Å². The van der Waals surface area contributed by atoms with E-state index in [1.807, 2.05) is 0 Å². The lowest BCUT2D eigenvalue weighted by Gasteiger charge is -2.05. The lowest BCUT2D eigenvalue weighted by atomic mass is 10.2. The van der Waals surface area contributed by atoms with E-state index in [4.69, 9.17) is 0 Å². The number of pyridine rings is 1. The molecule has 3 rings (SSSR count). The SMILES string of the molecule is O=S(=O)(c1cccc2cccnc12)n1cnnn1. The van der Waals surface area contributed by atoms with Crippen LogP contribution in [0.25, 0.3) is 10.9 Å². The number of aromatic nitrogens is 5. The first-order valence-corrected chi connectivity index (χ1v) is 6.46. The Morgan fingerprint density at radius 1 is 1.11 bits per heavy atom. The van der Waals surface area contributed by atoms with Gasteiger partial charge in [-0.25, -0.2) is 0 Å². The molecule has 0 radical (unpaired) electrons. The number of hydrogen-bond donors (Lipinski definition) is 0. The minimum Gasteiger partial charge on any atom is -0.255 e. The highest BCUT2D eigenvalue weighted by molar-refractivity contribution is 7.90. The molecule has 0 saturated carbocycles. The number of hydrogen-bond acceptors (Lipinski definition) is 6. The van der Waals surface area contributed by atoms with Crippen molar-refractivity contribution in [2.75, 3.05) is 0 Å². The molecule has 0 bridgehead atoms. The third-order valence-corrected chi connectivity index (χ3v) is 4.00. The largest absolute Gasteiger partial charge is 0.287 e. The highest BCUT2D eigenvalue weighted by atomic mass is 32.2. The molecule has 7 nitrogen and oxygen atoms in total. The lowest BCUT2D eigenvalue weighted by molar-refractivity contribution is 0.578. The van der Waals surface area contributed by atoms with Crippen LogP contribution >= 0.6 is 0 Å². The van der Waals surface area contributed by atoms with Gasteiger partial charge in [-0.2, -0.15) is 8.42 Å². The van der Waals surface area contributed by atoms with Crippen molar-refractivity contribution in [1.82, 2.24) is 24.6 Å². The van der Waals surface area contributed by atoms with E-state index in [-0.39, 0.29) is 4.90 Å². The summed E-state index contributed by atoms with van der Waals surface area (Å²) in [6.45, 7) is 0. The summed E-state index contributed by atoms with van der Waals surface area (Å²) in [5.41, 5.74) is 0.399. The Kier molecular flexibility index (Phi) is 2.30. The molecule has 0 saturated heterocycles. The number of fused-ring (bicyclic) bond motifs is 1. The summed E-state index contributed by atoms with van der Waals surface area (Å²) in [6, 6.07) is 8.46. The van der Waals surface area contributed by atoms with E-state index in [1.54, 1.807) is 30.5 Å². The molecule has 2 heterocycles. The van der Waals surface area contributed by atoms with E-state index in [0.717, 1.165) is 15.8 Å². The van der Waals surface area contributed by atoms with Crippen molar-refractivity contribution in [3.05, 3.63) is 42.9 Å². The van der Waals surface area contributed by atoms with Crippen molar-refractivity contribution in [2.24, 2.45) is 0 Å². The van der Waals surface area contributed by atoms with Crippen LogP contribution in [0.1, 0.15) is 0 Å². The van der Waals surface area contributed by atoms with Crippen LogP contribution in [-0.2, 0) is 10.0 Å². The summed E-state index contributed by atoms with van der Waals surface area (Å²) in [6.07, 6.45) is 2.58. The molecule has 8 heteroatoms. The van der Waals surface area contributed by atoms with Crippen molar-refractivity contribution in [1.29, 1.82) is 0 Å². The van der Waals surface area contributed by atoms with E-state index < -0.39 is 10.0 Å². The van der Waals surface area contributed by atoms with Crippen molar-refractivity contribution in [2.45, 2.75) is 4.90 Å². The Morgan fingerprint density at radius 3 is 2.72 bits per heavy atom. The van der Waals surface area contributed by atoms with Crippen LogP contribution in [0, 0.1) is 0 Å². The van der Waals surface area contributed by atoms with E-state index in [1.165, 1.54) is 6.07 Å². The maximum atomic E-state index is 12.3. The number of nitrogens with zero attached hydrogens (tertiary/aromatic N) is 5. The van der Waals surface area contributed by atoms with Gasteiger partial charge in [0.05, 0.1) is 5.52 Å². The molecule has 0 unspecified atom stereocenters. The molecule has 0 atom stereocenters. The Hall–Kier alpha value is -2.35. The van der Waals surface area contributed by atoms with Crippen molar-refractivity contribution < 1.29 is 8.42 Å². The third kappa shape index (κ3) is 1.54. The molecule has 0 aliphatic carbocycles. The molecular formula is C10H7N5O2S. The molecule has 18 heavy (non-hydrogen) atoms. The van der Waals surface area contributed by atoms with Crippen molar-refractivity contribution in [3.8, 4) is 0 Å². The molecule has 0 amide bonds. The smallest absolute Gasteiger partial charge is 0.255 e. The van der Waals surface area contributed by atoms with Gasteiger partial charge in [0.1, 0.15) is 4.90 Å². The summed E-state index contributed by atoms with van der Waals surface area (Å²) >= 11 is 0. The molecule has 0 fully saturated rings. The second-order valence-corrected chi connectivity index (χ2v) is 5.28. The quantitative estimate of drug-likeness (QED) is 0.665. The zero-order valence-electron chi connectivity index (χ0n) is 9.00. The van der Waals surface area contributed by atoms with Crippen LogP contribution in [-0.4, -0.2) is 33.0 Å². The molecule has 3 aromatic rings. The van der Waals surface area contributed by atoms with Gasteiger partial charge >= 0.3 is 0 Å². The number of benzene rings is 1. The van der Waals surface area contributed by atoms with E-state index in [0.29, 0.717) is 5.52 Å². The standard InChI is InChI=1S/C10H7N5O2S/c16-18(17,15-7-12-13-14-15)9-5-1-3-8-4-2-6-11-10(8)9/h1-7H. The molecule has 0 N–H and O–H groups in total. The van der Waals surface area contributed by atoms with Crippen molar-refractivity contribution in [3.63, 3.8) is 0 Å². The fourth-order valence-electron chi connectivity index (χ4n) is 1.65. The molecular weight excluding hydrogens is 254 g/mol. The zero-order valence-corrected chi connectivity index (χ0v) is 9.82. The minimum absolute atomic E-state index is 0.0768. The van der Waals surface area contributed by atoms with Gasteiger partial charge in [0.2, 0.25) is 0 Å². The summed E-state index contributed by atoms with van der Waals surface area (Å²) in [7, 11) is -3.80. The number of para-hydroxylation sites is 1. The van der Waals surface area contributed by atoms with Crippen LogP contribution in [0.15, 0.2) is 47.8 Å². The monoisotopic (exact) mass is 261 g/mol. The molecule has 90 valence electrons. The molecule has 0 aliphatic heterocycles. The average Bonchev–Trinajstić information content (AvgIpc) is 2.92. The third-order valence-electron chi connectivity index (χ3n) is 2.45. The Morgan fingerprint density at radius 2 is 1.94 bits per heavy atom. The van der Waals surface area contributed by atoms with Gasteiger partial charge in [-0.15, -0.1) is 9.19 Å². The summed E-state index contributed by atoms with van der Waals surface area (Å²) in [4.78, 5) is 4.17. The van der Waals surface area contributed by atoms with Gasteiger partial charge in [-0.3, -0.25) is 4.98 Å². The average molecular weight is 261 g/mol. The second kappa shape index (κ2) is 3.84. The molecule has 1 aromatic carbocycles. The van der Waals surface area contributed by atoms with Crippen LogP contribution in [0.4, 0.5) is 0 Å². The van der Waals surface area contributed by atoms with Crippen LogP contribution in [0.3, 0.4) is 0 Å². The van der Waals surface area contributed by atoms with Crippen molar-refractivity contribution >= 4 is 20.9 Å². The summed E-state index contributed by atoms with van der Waals surface area (Å²) < 4.78 is 25.3. The van der Waals surface area contributed by atoms with Gasteiger partial charge in [0.15, 0.2) is 6.33 Å². The lowest BCUT2D eigenvalue weighted by Crippen LogP contribution is -2.14. The number of rotatable bonds is 2. The topological polar surface area (TPSA) is 90.6 Å². The van der Waals surface area contributed by atoms with Crippen LogP contribution < -0.4 is 0 Å². The highest BCUT2D eigenvalue weighted by Gasteiger charge is 2.21. The Labute approximate surface area is 102 Å². The molecule has 0 spiro atoms. The fraction of sp³-hybridized carbons (Fsp3) is 0. The van der Waals surface area contributed by atoms with Gasteiger partial charge in [-0.1, -0.05) is 18.2 Å².